The molecule has 0 saturated carbocycles. The molecule has 0 bridgehead atoms. The normalized spacial score (nSPS) is 11.7. The highest BCUT2D eigenvalue weighted by Gasteiger charge is 2.21. The number of carboxylic acid groups (broad SMARTS) is 1. The van der Waals surface area contributed by atoms with Crippen LogP contribution in [0, 0.1) is 0 Å². The number of aliphatic carboxylic acids is 1. The summed E-state index contributed by atoms with van der Waals surface area (Å²) in [6, 6.07) is 2.41. The van der Waals surface area contributed by atoms with Gasteiger partial charge in [-0.1, -0.05) is 19.8 Å². The molecule has 1 unspecified atom stereocenters. The average molecular weight is 279 g/mol. The Labute approximate surface area is 118 Å². The van der Waals surface area contributed by atoms with E-state index < -0.39 is 12.0 Å². The third-order valence-corrected chi connectivity index (χ3v) is 2.96. The van der Waals surface area contributed by atoms with Crippen LogP contribution >= 0.6 is 0 Å². The van der Waals surface area contributed by atoms with E-state index >= 15 is 0 Å². The van der Waals surface area contributed by atoms with Gasteiger partial charge in [0.2, 0.25) is 0 Å². The van der Waals surface area contributed by atoms with Crippen LogP contribution in [0.5, 0.6) is 0 Å². The van der Waals surface area contributed by atoms with Gasteiger partial charge in [0.25, 0.3) is 0 Å². The van der Waals surface area contributed by atoms with Crippen molar-refractivity contribution in [3.63, 3.8) is 0 Å². The Morgan fingerprint density at radius 1 is 1.40 bits per heavy atom. The van der Waals surface area contributed by atoms with Crippen molar-refractivity contribution < 1.29 is 14.7 Å². The van der Waals surface area contributed by atoms with Gasteiger partial charge in [-0.25, -0.2) is 9.59 Å². The molecule has 2 amide bonds. The van der Waals surface area contributed by atoms with E-state index in [2.05, 4.69) is 10.3 Å². The van der Waals surface area contributed by atoms with Crippen molar-refractivity contribution in [3.8, 4) is 0 Å². The molecule has 20 heavy (non-hydrogen) atoms. The maximum Gasteiger partial charge on any atom is 0.326 e. The number of pyridine rings is 1. The second-order valence-corrected chi connectivity index (χ2v) is 4.69. The van der Waals surface area contributed by atoms with E-state index in [4.69, 9.17) is 5.11 Å². The van der Waals surface area contributed by atoms with E-state index in [1.54, 1.807) is 19.4 Å². The molecule has 0 aliphatic rings. The lowest BCUT2D eigenvalue weighted by Gasteiger charge is -2.21. The van der Waals surface area contributed by atoms with Gasteiger partial charge in [-0.15, -0.1) is 0 Å². The summed E-state index contributed by atoms with van der Waals surface area (Å²) >= 11 is 0. The summed E-state index contributed by atoms with van der Waals surface area (Å²) in [5, 5.41) is 11.6. The molecule has 1 aromatic rings. The van der Waals surface area contributed by atoms with Gasteiger partial charge >= 0.3 is 12.0 Å². The zero-order chi connectivity index (χ0) is 15.0. The van der Waals surface area contributed by atoms with Crippen LogP contribution in [0.4, 0.5) is 4.79 Å². The number of urea groups is 1. The molecule has 2 N–H and O–H groups in total. The molecule has 0 saturated heterocycles. The number of carboxylic acids is 1. The molecular formula is C14H21N3O3. The molecule has 0 radical (unpaired) electrons. The maximum atomic E-state index is 12.0. The third-order valence-electron chi connectivity index (χ3n) is 2.96. The number of carbonyl (C=O) groups excluding carboxylic acids is 1. The average Bonchev–Trinajstić information content (AvgIpc) is 2.43. The van der Waals surface area contributed by atoms with Crippen LogP contribution < -0.4 is 5.32 Å². The van der Waals surface area contributed by atoms with Gasteiger partial charge < -0.3 is 15.3 Å². The quantitative estimate of drug-likeness (QED) is 0.798. The van der Waals surface area contributed by atoms with E-state index in [9.17, 15) is 9.59 Å². The minimum atomic E-state index is -0.996. The van der Waals surface area contributed by atoms with Crippen LogP contribution in [0.25, 0.3) is 0 Å². The summed E-state index contributed by atoms with van der Waals surface area (Å²) in [4.78, 5) is 28.4. The second kappa shape index (κ2) is 8.14. The molecule has 110 valence electrons. The second-order valence-electron chi connectivity index (χ2n) is 4.69. The number of hydrogen-bond donors (Lipinski definition) is 2. The molecule has 0 aromatic carbocycles. The minimum absolute atomic E-state index is 0.384. The van der Waals surface area contributed by atoms with Crippen LogP contribution in [-0.2, 0) is 11.3 Å². The predicted molar refractivity (Wildman–Crippen MR) is 75.2 cm³/mol. The van der Waals surface area contributed by atoms with Crippen LogP contribution in [0.3, 0.4) is 0 Å². The number of unbranched alkanes of at least 4 members (excludes halogenated alkanes) is 1. The molecule has 0 aliphatic carbocycles. The highest BCUT2D eigenvalue weighted by molar-refractivity contribution is 5.82. The van der Waals surface area contributed by atoms with Crippen molar-refractivity contribution in [1.29, 1.82) is 0 Å². The molecule has 1 rings (SSSR count). The fourth-order valence-electron chi connectivity index (χ4n) is 1.76. The van der Waals surface area contributed by atoms with E-state index in [0.29, 0.717) is 13.0 Å². The molecule has 0 spiro atoms. The predicted octanol–water partition coefficient (Wildman–Crippen LogP) is 1.87. The number of rotatable bonds is 7. The fraction of sp³-hybridized carbons (Fsp3) is 0.500. The topological polar surface area (TPSA) is 82.5 Å². The van der Waals surface area contributed by atoms with Crippen molar-refractivity contribution in [2.45, 2.75) is 38.8 Å². The zero-order valence-electron chi connectivity index (χ0n) is 11.9. The number of amides is 2. The van der Waals surface area contributed by atoms with E-state index in [1.807, 2.05) is 19.1 Å². The van der Waals surface area contributed by atoms with Gasteiger partial charge in [-0.3, -0.25) is 4.98 Å². The Kier molecular flexibility index (Phi) is 6.49. The first-order chi connectivity index (χ1) is 9.54. The van der Waals surface area contributed by atoms with E-state index in [1.165, 1.54) is 4.90 Å². The molecular weight excluding hydrogens is 258 g/mol. The van der Waals surface area contributed by atoms with Crippen molar-refractivity contribution in [1.82, 2.24) is 15.2 Å². The first-order valence-corrected chi connectivity index (χ1v) is 6.68. The summed E-state index contributed by atoms with van der Waals surface area (Å²) in [6.45, 7) is 2.39. The number of nitrogens with zero attached hydrogens (tertiary/aromatic N) is 2. The SMILES string of the molecule is CCCCC(NC(=O)N(C)Cc1ccncc1)C(=O)O. The maximum absolute atomic E-state index is 12.0. The lowest BCUT2D eigenvalue weighted by molar-refractivity contribution is -0.139. The molecule has 1 heterocycles. The van der Waals surface area contributed by atoms with Crippen LogP contribution in [0.2, 0.25) is 0 Å². The Morgan fingerprint density at radius 2 is 2.05 bits per heavy atom. The van der Waals surface area contributed by atoms with Crippen molar-refractivity contribution in [2.24, 2.45) is 0 Å². The molecule has 6 nitrogen and oxygen atoms in total. The molecule has 1 atom stereocenters. The minimum Gasteiger partial charge on any atom is -0.480 e. The highest BCUT2D eigenvalue weighted by atomic mass is 16.4. The monoisotopic (exact) mass is 279 g/mol. The summed E-state index contributed by atoms with van der Waals surface area (Å²) in [5.74, 6) is -0.996. The summed E-state index contributed by atoms with van der Waals surface area (Å²) in [7, 11) is 1.63. The Bertz CT molecular complexity index is 437. The summed E-state index contributed by atoms with van der Waals surface area (Å²) in [5.41, 5.74) is 0.943. The molecule has 6 heteroatoms. The van der Waals surface area contributed by atoms with Gasteiger partial charge in [-0.2, -0.15) is 0 Å². The lowest BCUT2D eigenvalue weighted by atomic mass is 10.1. The van der Waals surface area contributed by atoms with E-state index in [0.717, 1.165) is 18.4 Å². The van der Waals surface area contributed by atoms with Crippen molar-refractivity contribution in [3.05, 3.63) is 30.1 Å². The number of carbonyl (C=O) groups is 2. The molecule has 1 aromatic heterocycles. The Morgan fingerprint density at radius 3 is 2.60 bits per heavy atom. The van der Waals surface area contributed by atoms with Crippen molar-refractivity contribution >= 4 is 12.0 Å². The van der Waals surface area contributed by atoms with Gasteiger partial charge in [0.05, 0.1) is 0 Å². The summed E-state index contributed by atoms with van der Waals surface area (Å²) < 4.78 is 0. The third kappa shape index (κ3) is 5.26. The number of nitrogens with one attached hydrogen (secondary N) is 1. The largest absolute Gasteiger partial charge is 0.480 e. The van der Waals surface area contributed by atoms with E-state index in [-0.39, 0.29) is 6.03 Å². The standard InChI is InChI=1S/C14H21N3O3/c1-3-4-5-12(13(18)19)16-14(20)17(2)10-11-6-8-15-9-7-11/h6-9,12H,3-5,10H2,1-2H3,(H,16,20)(H,18,19). The number of hydrogen-bond acceptors (Lipinski definition) is 3. The van der Waals surface area contributed by atoms with Gasteiger partial charge in [-0.05, 0) is 24.1 Å². The van der Waals surface area contributed by atoms with Crippen molar-refractivity contribution in [2.75, 3.05) is 7.05 Å². The van der Waals surface area contributed by atoms with Crippen LogP contribution in [-0.4, -0.2) is 40.1 Å². The zero-order valence-corrected chi connectivity index (χ0v) is 11.9. The first kappa shape index (κ1) is 15.9. The summed E-state index contributed by atoms with van der Waals surface area (Å²) in [6.07, 6.45) is 5.42. The van der Waals surface area contributed by atoms with Crippen LogP contribution in [0.1, 0.15) is 31.7 Å². The Balaban J connectivity index is 2.53. The lowest BCUT2D eigenvalue weighted by Crippen LogP contribution is -2.46. The smallest absolute Gasteiger partial charge is 0.326 e. The van der Waals surface area contributed by atoms with Gasteiger partial charge in [0.15, 0.2) is 0 Å². The van der Waals surface area contributed by atoms with Gasteiger partial charge in [0.1, 0.15) is 6.04 Å². The Hall–Kier alpha value is -2.11. The molecule has 0 fully saturated rings. The first-order valence-electron chi connectivity index (χ1n) is 6.68. The highest BCUT2D eigenvalue weighted by Crippen LogP contribution is 2.04. The van der Waals surface area contributed by atoms with Gasteiger partial charge in [0, 0.05) is 26.0 Å². The fourth-order valence-corrected chi connectivity index (χ4v) is 1.76. The van der Waals surface area contributed by atoms with Crippen LogP contribution in [0.15, 0.2) is 24.5 Å². The number of aromatic nitrogens is 1. The molecule has 0 aliphatic heterocycles.